The van der Waals surface area contributed by atoms with Gasteiger partial charge in [0.05, 0.1) is 0 Å². The number of amides is 3. The van der Waals surface area contributed by atoms with Crippen LogP contribution in [0.2, 0.25) is 0 Å². The average molecular weight is 222 g/mol. The molecule has 2 rings (SSSR count). The Morgan fingerprint density at radius 2 is 2.12 bits per heavy atom. The first kappa shape index (κ1) is 10.5. The Morgan fingerprint density at radius 3 is 2.75 bits per heavy atom. The zero-order valence-corrected chi connectivity index (χ0v) is 8.82. The van der Waals surface area contributed by atoms with E-state index in [0.29, 0.717) is 25.2 Å². The molecule has 0 bridgehead atoms. The van der Waals surface area contributed by atoms with E-state index in [4.69, 9.17) is 11.5 Å². The summed E-state index contributed by atoms with van der Waals surface area (Å²) in [5, 5.41) is 3.14. The number of carbonyl (C=O) groups is 2. The van der Waals surface area contributed by atoms with E-state index in [1.54, 1.807) is 11.0 Å². The van der Waals surface area contributed by atoms with E-state index < -0.39 is 11.9 Å². The SMILES string of the molecule is NC(=O)C1=CC2=C(CCN(C(N)=O)C2)NC1. The minimum Gasteiger partial charge on any atom is -0.384 e. The smallest absolute Gasteiger partial charge is 0.315 e. The Labute approximate surface area is 92.9 Å². The van der Waals surface area contributed by atoms with Gasteiger partial charge in [-0.15, -0.1) is 0 Å². The number of primary amides is 2. The van der Waals surface area contributed by atoms with Gasteiger partial charge in [-0.2, -0.15) is 0 Å². The predicted molar refractivity (Wildman–Crippen MR) is 58.1 cm³/mol. The first-order chi connectivity index (χ1) is 7.58. The molecule has 0 unspecified atom stereocenters. The van der Waals surface area contributed by atoms with Crippen LogP contribution in [0.5, 0.6) is 0 Å². The molecule has 0 aliphatic carbocycles. The molecule has 0 aromatic carbocycles. The summed E-state index contributed by atoms with van der Waals surface area (Å²) >= 11 is 0. The second kappa shape index (κ2) is 3.88. The van der Waals surface area contributed by atoms with Gasteiger partial charge in [0.2, 0.25) is 5.91 Å². The van der Waals surface area contributed by atoms with Crippen LogP contribution >= 0.6 is 0 Å². The third kappa shape index (κ3) is 1.86. The van der Waals surface area contributed by atoms with Gasteiger partial charge in [-0.3, -0.25) is 4.79 Å². The summed E-state index contributed by atoms with van der Waals surface area (Å²) in [6.45, 7) is 1.51. The van der Waals surface area contributed by atoms with E-state index in [1.807, 2.05) is 0 Å². The largest absolute Gasteiger partial charge is 0.384 e. The van der Waals surface area contributed by atoms with Gasteiger partial charge in [0.15, 0.2) is 0 Å². The molecule has 2 aliphatic heterocycles. The Morgan fingerprint density at radius 1 is 1.38 bits per heavy atom. The van der Waals surface area contributed by atoms with Crippen LogP contribution in [0.25, 0.3) is 0 Å². The predicted octanol–water partition coefficient (Wildman–Crippen LogP) is -0.960. The number of rotatable bonds is 1. The highest BCUT2D eigenvalue weighted by Crippen LogP contribution is 2.21. The molecule has 0 aromatic heterocycles. The summed E-state index contributed by atoms with van der Waals surface area (Å²) in [7, 11) is 0. The maximum atomic E-state index is 11.0. The summed E-state index contributed by atoms with van der Waals surface area (Å²) in [5.41, 5.74) is 12.9. The zero-order chi connectivity index (χ0) is 11.7. The van der Waals surface area contributed by atoms with Crippen molar-refractivity contribution in [2.75, 3.05) is 19.6 Å². The lowest BCUT2D eigenvalue weighted by Crippen LogP contribution is -2.43. The van der Waals surface area contributed by atoms with Crippen LogP contribution in [-0.2, 0) is 4.79 Å². The van der Waals surface area contributed by atoms with Crippen LogP contribution in [0.3, 0.4) is 0 Å². The van der Waals surface area contributed by atoms with Crippen molar-refractivity contribution in [2.24, 2.45) is 11.5 Å². The topological polar surface area (TPSA) is 101 Å². The lowest BCUT2D eigenvalue weighted by molar-refractivity contribution is -0.114. The van der Waals surface area contributed by atoms with Crippen LogP contribution in [0, 0.1) is 0 Å². The van der Waals surface area contributed by atoms with Crippen LogP contribution in [0.1, 0.15) is 6.42 Å². The number of nitrogens with two attached hydrogens (primary N) is 2. The highest BCUT2D eigenvalue weighted by molar-refractivity contribution is 5.93. The van der Waals surface area contributed by atoms with Crippen LogP contribution < -0.4 is 16.8 Å². The van der Waals surface area contributed by atoms with Crippen molar-refractivity contribution in [3.05, 3.63) is 22.9 Å². The number of carbonyl (C=O) groups excluding carboxylic acids is 2. The van der Waals surface area contributed by atoms with Crippen molar-refractivity contribution < 1.29 is 9.59 Å². The molecule has 2 aliphatic rings. The first-order valence-electron chi connectivity index (χ1n) is 5.08. The fourth-order valence-electron chi connectivity index (χ4n) is 1.93. The maximum Gasteiger partial charge on any atom is 0.315 e. The van der Waals surface area contributed by atoms with E-state index in [2.05, 4.69) is 5.32 Å². The lowest BCUT2D eigenvalue weighted by atomic mass is 9.99. The lowest BCUT2D eigenvalue weighted by Gasteiger charge is -2.31. The number of urea groups is 1. The van der Waals surface area contributed by atoms with Gasteiger partial charge in [-0.05, 0) is 11.6 Å². The van der Waals surface area contributed by atoms with E-state index in [0.717, 1.165) is 17.7 Å². The van der Waals surface area contributed by atoms with Crippen molar-refractivity contribution in [3.8, 4) is 0 Å². The molecule has 16 heavy (non-hydrogen) atoms. The molecule has 0 atom stereocenters. The van der Waals surface area contributed by atoms with Crippen LogP contribution in [0.15, 0.2) is 22.9 Å². The Hall–Kier alpha value is -1.98. The summed E-state index contributed by atoms with van der Waals surface area (Å²) < 4.78 is 0. The fraction of sp³-hybridized carbons (Fsp3) is 0.400. The molecule has 0 spiro atoms. The summed E-state index contributed by atoms with van der Waals surface area (Å²) in [5.74, 6) is -0.435. The summed E-state index contributed by atoms with van der Waals surface area (Å²) in [6.07, 6.45) is 2.49. The maximum absolute atomic E-state index is 11.0. The van der Waals surface area contributed by atoms with E-state index in [-0.39, 0.29) is 0 Å². The third-order valence-electron chi connectivity index (χ3n) is 2.85. The van der Waals surface area contributed by atoms with E-state index >= 15 is 0 Å². The van der Waals surface area contributed by atoms with Crippen molar-refractivity contribution in [2.45, 2.75) is 6.42 Å². The molecule has 6 heteroatoms. The number of nitrogens with zero attached hydrogens (tertiary/aromatic N) is 1. The highest BCUT2D eigenvalue weighted by Gasteiger charge is 2.23. The van der Waals surface area contributed by atoms with Gasteiger partial charge in [0.25, 0.3) is 0 Å². The van der Waals surface area contributed by atoms with Crippen molar-refractivity contribution >= 4 is 11.9 Å². The van der Waals surface area contributed by atoms with E-state index in [1.165, 1.54) is 0 Å². The molecule has 0 radical (unpaired) electrons. The Bertz CT molecular complexity index is 411. The van der Waals surface area contributed by atoms with E-state index in [9.17, 15) is 9.59 Å². The second-order valence-electron chi connectivity index (χ2n) is 3.90. The van der Waals surface area contributed by atoms with Gasteiger partial charge in [-0.1, -0.05) is 0 Å². The standard InChI is InChI=1S/C10H14N4O2/c11-9(15)6-3-7-5-14(10(12)16)2-1-8(7)13-4-6/h3,13H,1-2,4-5H2,(H2,11,15)(H2,12,16). The van der Waals surface area contributed by atoms with Crippen molar-refractivity contribution in [1.29, 1.82) is 0 Å². The number of nitrogens with one attached hydrogen (secondary N) is 1. The van der Waals surface area contributed by atoms with Gasteiger partial charge in [0, 0.05) is 37.3 Å². The summed E-state index contributed by atoms with van der Waals surface area (Å²) in [6, 6.07) is -0.439. The van der Waals surface area contributed by atoms with Gasteiger partial charge >= 0.3 is 6.03 Å². The number of hydrogen-bond donors (Lipinski definition) is 3. The second-order valence-corrected chi connectivity index (χ2v) is 3.90. The molecule has 86 valence electrons. The molecule has 5 N–H and O–H groups in total. The summed E-state index contributed by atoms with van der Waals surface area (Å²) in [4.78, 5) is 23.6. The van der Waals surface area contributed by atoms with Gasteiger partial charge < -0.3 is 21.7 Å². The molecular formula is C10H14N4O2. The molecule has 0 saturated heterocycles. The number of dihydropyridines is 1. The molecule has 0 fully saturated rings. The molecule has 0 saturated carbocycles. The molecule has 3 amide bonds. The molecule has 2 heterocycles. The Balaban J connectivity index is 2.21. The molecule has 6 nitrogen and oxygen atoms in total. The fourth-order valence-corrected chi connectivity index (χ4v) is 1.93. The normalized spacial score (nSPS) is 19.8. The van der Waals surface area contributed by atoms with Crippen molar-refractivity contribution in [3.63, 3.8) is 0 Å². The minimum atomic E-state index is -0.439. The van der Waals surface area contributed by atoms with Gasteiger partial charge in [-0.25, -0.2) is 4.79 Å². The van der Waals surface area contributed by atoms with Crippen LogP contribution in [-0.4, -0.2) is 36.5 Å². The average Bonchev–Trinajstić information content (AvgIpc) is 2.27. The quantitative estimate of drug-likeness (QED) is 0.532. The van der Waals surface area contributed by atoms with Crippen molar-refractivity contribution in [1.82, 2.24) is 10.2 Å². The van der Waals surface area contributed by atoms with Gasteiger partial charge in [0.1, 0.15) is 0 Å². The molecular weight excluding hydrogens is 208 g/mol. The molecule has 0 aromatic rings. The Kier molecular flexibility index (Phi) is 2.55. The third-order valence-corrected chi connectivity index (χ3v) is 2.85. The number of hydrogen-bond acceptors (Lipinski definition) is 3. The first-order valence-corrected chi connectivity index (χ1v) is 5.08. The minimum absolute atomic E-state index is 0.435. The zero-order valence-electron chi connectivity index (χ0n) is 8.82. The highest BCUT2D eigenvalue weighted by atomic mass is 16.2. The monoisotopic (exact) mass is 222 g/mol. The van der Waals surface area contributed by atoms with Crippen LogP contribution in [0.4, 0.5) is 4.79 Å².